The molecule has 0 bridgehead atoms. The Hall–Kier alpha value is -3.07. The Kier molecular flexibility index (Phi) is 9.12. The summed E-state index contributed by atoms with van der Waals surface area (Å²) in [6, 6.07) is 18.7. The molecular formula is C28H31NO3S. The summed E-state index contributed by atoms with van der Waals surface area (Å²) in [5.41, 5.74) is 4.63. The van der Waals surface area contributed by atoms with Crippen LogP contribution in [0.15, 0.2) is 65.4 Å². The fourth-order valence-corrected chi connectivity index (χ4v) is 4.31. The number of hydrogen-bond acceptors (Lipinski definition) is 4. The lowest BCUT2D eigenvalue weighted by Gasteiger charge is -2.26. The van der Waals surface area contributed by atoms with Gasteiger partial charge in [0.15, 0.2) is 0 Å². The van der Waals surface area contributed by atoms with E-state index in [1.165, 1.54) is 11.1 Å². The van der Waals surface area contributed by atoms with Crippen molar-refractivity contribution in [2.75, 3.05) is 0 Å². The van der Waals surface area contributed by atoms with Gasteiger partial charge in [-0.05, 0) is 72.0 Å². The predicted molar refractivity (Wildman–Crippen MR) is 134 cm³/mol. The van der Waals surface area contributed by atoms with Crippen LogP contribution < -0.4 is 4.74 Å². The highest BCUT2D eigenvalue weighted by molar-refractivity contribution is 7.07. The summed E-state index contributed by atoms with van der Waals surface area (Å²) in [5, 5.41) is 13.5. The zero-order chi connectivity index (χ0) is 23.6. The van der Waals surface area contributed by atoms with E-state index < -0.39 is 5.97 Å². The number of nitrogens with zero attached hydrogens (tertiary/aromatic N) is 1. The topological polar surface area (TPSA) is 49.8 Å². The van der Waals surface area contributed by atoms with Crippen molar-refractivity contribution in [2.24, 2.45) is 0 Å². The normalized spacial score (nSPS) is 11.8. The van der Waals surface area contributed by atoms with Gasteiger partial charge in [0.25, 0.3) is 0 Å². The molecule has 33 heavy (non-hydrogen) atoms. The van der Waals surface area contributed by atoms with Crippen LogP contribution in [0.5, 0.6) is 5.75 Å². The summed E-state index contributed by atoms with van der Waals surface area (Å²) >= 11 is 1.74. The summed E-state index contributed by atoms with van der Waals surface area (Å²) in [6.07, 6.45) is -0.00631. The van der Waals surface area contributed by atoms with Gasteiger partial charge in [-0.25, -0.2) is 0 Å². The van der Waals surface area contributed by atoms with Gasteiger partial charge in [-0.2, -0.15) is 11.3 Å². The molecule has 172 valence electrons. The van der Waals surface area contributed by atoms with Crippen LogP contribution >= 0.6 is 11.3 Å². The Bertz CT molecular complexity index is 1080. The minimum absolute atomic E-state index is 0.00631. The first-order valence-electron chi connectivity index (χ1n) is 11.1. The van der Waals surface area contributed by atoms with Crippen molar-refractivity contribution in [3.8, 4) is 17.6 Å². The molecule has 2 aromatic carbocycles. The molecule has 0 aliphatic heterocycles. The summed E-state index contributed by atoms with van der Waals surface area (Å²) in [5.74, 6) is 5.39. The fraction of sp³-hybridized carbons (Fsp3) is 0.321. The fourth-order valence-electron chi connectivity index (χ4n) is 3.65. The summed E-state index contributed by atoms with van der Waals surface area (Å²) < 4.78 is 6.00. The van der Waals surface area contributed by atoms with Gasteiger partial charge in [-0.3, -0.25) is 9.69 Å². The molecule has 0 radical (unpaired) electrons. The van der Waals surface area contributed by atoms with Gasteiger partial charge in [0, 0.05) is 19.1 Å². The molecule has 1 atom stereocenters. The lowest BCUT2D eigenvalue weighted by molar-refractivity contribution is -0.137. The van der Waals surface area contributed by atoms with Crippen LogP contribution in [0.25, 0.3) is 0 Å². The third-order valence-corrected chi connectivity index (χ3v) is 6.19. The highest BCUT2D eigenvalue weighted by atomic mass is 32.1. The number of benzene rings is 2. The molecular weight excluding hydrogens is 430 g/mol. The molecule has 5 heteroatoms. The lowest BCUT2D eigenvalue weighted by Crippen LogP contribution is -2.29. The van der Waals surface area contributed by atoms with Crippen molar-refractivity contribution in [3.05, 3.63) is 87.6 Å². The van der Waals surface area contributed by atoms with Crippen LogP contribution in [0.1, 0.15) is 55.4 Å². The zero-order valence-corrected chi connectivity index (χ0v) is 20.3. The molecule has 1 heterocycles. The standard InChI is InChI=1S/C28H31NO3S/c1-4-6-26(16-28(30)31)25-9-11-27(12-10-25)32-19-23-8-5-7-22(15-23)17-29(21(2)3)18-24-13-14-33-20-24/h5,7-15,20-21,26H,16-19H2,1-3H3,(H,30,31)/t26-/m0/s1. The highest BCUT2D eigenvalue weighted by Crippen LogP contribution is 2.23. The number of carbonyl (C=O) groups is 1. The molecule has 0 spiro atoms. The number of rotatable bonds is 11. The largest absolute Gasteiger partial charge is 0.489 e. The number of ether oxygens (including phenoxy) is 1. The maximum Gasteiger partial charge on any atom is 0.304 e. The van der Waals surface area contributed by atoms with E-state index in [4.69, 9.17) is 9.84 Å². The Labute approximate surface area is 200 Å². The first-order valence-corrected chi connectivity index (χ1v) is 12.1. The second kappa shape index (κ2) is 12.2. The number of thiophene rings is 1. The monoisotopic (exact) mass is 461 g/mol. The van der Waals surface area contributed by atoms with Crippen molar-refractivity contribution in [1.29, 1.82) is 0 Å². The minimum atomic E-state index is -0.852. The number of carboxylic acids is 1. The summed E-state index contributed by atoms with van der Waals surface area (Å²) in [7, 11) is 0. The van der Waals surface area contributed by atoms with Crippen LogP contribution in [-0.2, 0) is 24.5 Å². The average Bonchev–Trinajstić information content (AvgIpc) is 3.30. The van der Waals surface area contributed by atoms with Crippen LogP contribution in [-0.4, -0.2) is 22.0 Å². The van der Waals surface area contributed by atoms with Crippen molar-refractivity contribution >= 4 is 17.3 Å². The van der Waals surface area contributed by atoms with Crippen molar-refractivity contribution in [1.82, 2.24) is 4.90 Å². The molecule has 0 amide bonds. The molecule has 0 fully saturated rings. The van der Waals surface area contributed by atoms with E-state index >= 15 is 0 Å². The van der Waals surface area contributed by atoms with E-state index in [1.54, 1.807) is 18.3 Å². The van der Waals surface area contributed by atoms with Crippen molar-refractivity contribution in [2.45, 2.75) is 58.8 Å². The molecule has 0 unspecified atom stereocenters. The van der Waals surface area contributed by atoms with E-state index in [9.17, 15) is 4.79 Å². The number of hydrogen-bond donors (Lipinski definition) is 1. The molecule has 3 rings (SSSR count). The van der Waals surface area contributed by atoms with E-state index in [1.807, 2.05) is 24.3 Å². The SMILES string of the molecule is CC#C[C@@H](CC(=O)O)c1ccc(OCc2cccc(CN(Cc3ccsc3)C(C)C)c2)cc1. The second-order valence-corrected chi connectivity index (χ2v) is 9.13. The first-order chi connectivity index (χ1) is 15.9. The van der Waals surface area contributed by atoms with E-state index in [0.717, 1.165) is 30.0 Å². The van der Waals surface area contributed by atoms with E-state index in [0.29, 0.717) is 12.6 Å². The highest BCUT2D eigenvalue weighted by Gasteiger charge is 2.14. The molecule has 0 aliphatic rings. The Morgan fingerprint density at radius 3 is 2.42 bits per heavy atom. The Balaban J connectivity index is 1.61. The number of aliphatic carboxylic acids is 1. The molecule has 0 saturated carbocycles. The molecule has 1 N–H and O–H groups in total. The van der Waals surface area contributed by atoms with Crippen LogP contribution in [0.2, 0.25) is 0 Å². The zero-order valence-electron chi connectivity index (χ0n) is 19.5. The second-order valence-electron chi connectivity index (χ2n) is 8.35. The molecule has 1 aromatic heterocycles. The minimum Gasteiger partial charge on any atom is -0.489 e. The molecule has 0 aliphatic carbocycles. The molecule has 3 aromatic rings. The van der Waals surface area contributed by atoms with Crippen LogP contribution in [0.4, 0.5) is 0 Å². The third kappa shape index (κ3) is 7.78. The molecule has 0 saturated heterocycles. The van der Waals surface area contributed by atoms with E-state index in [2.05, 4.69) is 71.7 Å². The first kappa shape index (κ1) is 24.6. The number of carboxylic acid groups (broad SMARTS) is 1. The Morgan fingerprint density at radius 2 is 1.79 bits per heavy atom. The summed E-state index contributed by atoms with van der Waals surface area (Å²) in [6.45, 7) is 8.50. The third-order valence-electron chi connectivity index (χ3n) is 5.46. The quantitative estimate of drug-likeness (QED) is 0.340. The van der Waals surface area contributed by atoms with Crippen LogP contribution in [0.3, 0.4) is 0 Å². The predicted octanol–water partition coefficient (Wildman–Crippen LogP) is 6.32. The van der Waals surface area contributed by atoms with Crippen molar-refractivity contribution < 1.29 is 14.6 Å². The van der Waals surface area contributed by atoms with E-state index in [-0.39, 0.29) is 12.3 Å². The summed E-state index contributed by atoms with van der Waals surface area (Å²) in [4.78, 5) is 13.6. The maximum absolute atomic E-state index is 11.1. The molecule has 4 nitrogen and oxygen atoms in total. The van der Waals surface area contributed by atoms with Gasteiger partial charge in [0.05, 0.1) is 12.3 Å². The average molecular weight is 462 g/mol. The van der Waals surface area contributed by atoms with Gasteiger partial charge < -0.3 is 9.84 Å². The van der Waals surface area contributed by atoms with Crippen LogP contribution in [0, 0.1) is 11.8 Å². The Morgan fingerprint density at radius 1 is 1.06 bits per heavy atom. The van der Waals surface area contributed by atoms with Gasteiger partial charge in [-0.15, -0.1) is 5.92 Å². The van der Waals surface area contributed by atoms with Gasteiger partial charge in [0.1, 0.15) is 12.4 Å². The van der Waals surface area contributed by atoms with Gasteiger partial charge in [-0.1, -0.05) is 42.3 Å². The van der Waals surface area contributed by atoms with Crippen molar-refractivity contribution in [3.63, 3.8) is 0 Å². The smallest absolute Gasteiger partial charge is 0.304 e. The van der Waals surface area contributed by atoms with Gasteiger partial charge in [0.2, 0.25) is 0 Å². The maximum atomic E-state index is 11.1. The lowest BCUT2D eigenvalue weighted by atomic mass is 9.96. The van der Waals surface area contributed by atoms with Gasteiger partial charge >= 0.3 is 5.97 Å².